The first-order chi connectivity index (χ1) is 15.7. The fourth-order valence-electron chi connectivity index (χ4n) is 4.96. The van der Waals surface area contributed by atoms with Crippen LogP contribution in [0.15, 0.2) is 24.3 Å². The quantitative estimate of drug-likeness (QED) is 0.343. The van der Waals surface area contributed by atoms with Crippen LogP contribution in [0, 0.1) is 10.8 Å². The third-order valence-electron chi connectivity index (χ3n) is 8.08. The summed E-state index contributed by atoms with van der Waals surface area (Å²) < 4.78 is 23.8. The molecule has 3 rings (SSSR count). The normalized spacial score (nSPS) is 22.6. The van der Waals surface area contributed by atoms with Crippen molar-refractivity contribution in [3.05, 3.63) is 35.4 Å². The van der Waals surface area contributed by atoms with Gasteiger partial charge < -0.3 is 24.7 Å². The lowest BCUT2D eigenvalue weighted by atomic mass is 9.73. The molecule has 2 aliphatic rings. The first-order valence-corrected chi connectivity index (χ1v) is 13.0. The number of benzene rings is 1. The number of rotatable bonds is 15. The molecule has 2 aliphatic heterocycles. The first-order valence-electron chi connectivity index (χ1n) is 13.0. The van der Waals surface area contributed by atoms with E-state index in [9.17, 15) is 0 Å². The largest absolute Gasteiger partial charge is 0.380 e. The van der Waals surface area contributed by atoms with E-state index in [0.717, 1.165) is 65.0 Å². The van der Waals surface area contributed by atoms with E-state index in [-0.39, 0.29) is 11.0 Å². The van der Waals surface area contributed by atoms with Gasteiger partial charge in [-0.15, -0.1) is 0 Å². The van der Waals surface area contributed by atoms with Crippen LogP contribution < -0.4 is 5.73 Å². The highest BCUT2D eigenvalue weighted by Crippen LogP contribution is 2.41. The second kappa shape index (κ2) is 11.2. The summed E-state index contributed by atoms with van der Waals surface area (Å²) in [7, 11) is 0. The molecule has 5 heteroatoms. The Balaban J connectivity index is 1.55. The maximum atomic E-state index is 6.75. The minimum Gasteiger partial charge on any atom is -0.380 e. The molecule has 1 aromatic rings. The summed E-state index contributed by atoms with van der Waals surface area (Å²) in [4.78, 5) is 0. The van der Waals surface area contributed by atoms with Crippen molar-refractivity contribution in [1.82, 2.24) is 0 Å². The molecule has 0 bridgehead atoms. The highest BCUT2D eigenvalue weighted by molar-refractivity contribution is 5.23. The predicted molar refractivity (Wildman–Crippen MR) is 133 cm³/mol. The van der Waals surface area contributed by atoms with Crippen LogP contribution in [0.4, 0.5) is 0 Å². The van der Waals surface area contributed by atoms with Gasteiger partial charge in [0, 0.05) is 17.3 Å². The lowest BCUT2D eigenvalue weighted by Crippen LogP contribution is -2.52. The van der Waals surface area contributed by atoms with Crippen LogP contribution >= 0.6 is 0 Å². The molecule has 0 aliphatic carbocycles. The molecule has 0 aromatic heterocycles. The Morgan fingerprint density at radius 1 is 0.879 bits per heavy atom. The topological polar surface area (TPSA) is 62.9 Å². The van der Waals surface area contributed by atoms with Crippen molar-refractivity contribution in [2.75, 3.05) is 33.0 Å². The number of hydrogen-bond donors (Lipinski definition) is 1. The second-order valence-electron chi connectivity index (χ2n) is 11.1. The molecule has 2 fully saturated rings. The molecule has 2 atom stereocenters. The predicted octanol–water partition coefficient (Wildman–Crippen LogP) is 5.63. The van der Waals surface area contributed by atoms with Crippen LogP contribution in [0.25, 0.3) is 0 Å². The van der Waals surface area contributed by atoms with Gasteiger partial charge in [-0.3, -0.25) is 0 Å². The zero-order chi connectivity index (χ0) is 24.0. The van der Waals surface area contributed by atoms with E-state index in [0.29, 0.717) is 25.0 Å². The van der Waals surface area contributed by atoms with Crippen molar-refractivity contribution in [2.45, 2.75) is 97.5 Å². The molecular weight excluding hydrogens is 414 g/mol. The summed E-state index contributed by atoms with van der Waals surface area (Å²) in [6, 6.07) is 8.70. The Hall–Kier alpha value is -0.980. The van der Waals surface area contributed by atoms with Crippen molar-refractivity contribution in [3.63, 3.8) is 0 Å². The Kier molecular flexibility index (Phi) is 9.01. The number of ether oxygens (including phenoxy) is 4. The molecule has 2 saturated heterocycles. The van der Waals surface area contributed by atoms with Crippen molar-refractivity contribution in [1.29, 1.82) is 0 Å². The van der Waals surface area contributed by atoms with Gasteiger partial charge in [-0.05, 0) is 50.2 Å². The highest BCUT2D eigenvalue weighted by Gasteiger charge is 2.43. The van der Waals surface area contributed by atoms with Crippen molar-refractivity contribution >= 4 is 0 Å². The van der Waals surface area contributed by atoms with Gasteiger partial charge in [-0.1, -0.05) is 58.4 Å². The van der Waals surface area contributed by atoms with Gasteiger partial charge in [0.25, 0.3) is 0 Å². The van der Waals surface area contributed by atoms with Gasteiger partial charge >= 0.3 is 0 Å². The van der Waals surface area contributed by atoms with Crippen LogP contribution in [0.5, 0.6) is 0 Å². The summed E-state index contributed by atoms with van der Waals surface area (Å²) in [6.45, 7) is 15.7. The summed E-state index contributed by atoms with van der Waals surface area (Å²) in [5.41, 5.74) is 8.83. The van der Waals surface area contributed by atoms with E-state index in [4.69, 9.17) is 24.7 Å². The van der Waals surface area contributed by atoms with E-state index in [1.165, 1.54) is 11.1 Å². The highest BCUT2D eigenvalue weighted by atomic mass is 16.5. The lowest BCUT2D eigenvalue weighted by Gasteiger charge is -2.46. The lowest BCUT2D eigenvalue weighted by molar-refractivity contribution is -0.181. The monoisotopic (exact) mass is 461 g/mol. The van der Waals surface area contributed by atoms with Gasteiger partial charge in [0.2, 0.25) is 0 Å². The minimum absolute atomic E-state index is 0.125. The summed E-state index contributed by atoms with van der Waals surface area (Å²) in [6.07, 6.45) is 6.82. The van der Waals surface area contributed by atoms with Crippen molar-refractivity contribution < 1.29 is 18.9 Å². The van der Waals surface area contributed by atoms with Gasteiger partial charge in [-0.25, -0.2) is 0 Å². The van der Waals surface area contributed by atoms with Crippen molar-refractivity contribution in [2.24, 2.45) is 16.6 Å². The van der Waals surface area contributed by atoms with E-state index >= 15 is 0 Å². The fourth-order valence-corrected chi connectivity index (χ4v) is 4.96. The molecule has 0 amide bonds. The van der Waals surface area contributed by atoms with Gasteiger partial charge in [0.15, 0.2) is 0 Å². The molecule has 2 heterocycles. The van der Waals surface area contributed by atoms with Crippen LogP contribution in [0.1, 0.15) is 84.3 Å². The Bertz CT molecular complexity index is 717. The molecule has 0 saturated carbocycles. The van der Waals surface area contributed by atoms with Gasteiger partial charge in [-0.2, -0.15) is 0 Å². The van der Waals surface area contributed by atoms with Gasteiger partial charge in [0.1, 0.15) is 5.72 Å². The molecule has 33 heavy (non-hydrogen) atoms. The second-order valence-corrected chi connectivity index (χ2v) is 11.1. The Morgan fingerprint density at radius 2 is 1.45 bits per heavy atom. The standard InChI is InChI=1S/C28H47NO4/c1-6-14-28(29,33-22-27(9-4)20-31-21-27)15-23-10-12-24(13-11-23)16-32-25(5,7-2)17-26(8-3)18-30-19-26/h10-13H,6-9,14-22,29H2,1-5H3. The molecule has 0 radical (unpaired) electrons. The van der Waals surface area contributed by atoms with Crippen LogP contribution in [-0.4, -0.2) is 44.4 Å². The first kappa shape index (κ1) is 26.6. The molecule has 0 spiro atoms. The third kappa shape index (κ3) is 6.79. The summed E-state index contributed by atoms with van der Waals surface area (Å²) in [5.74, 6) is 0. The molecule has 2 unspecified atom stereocenters. The third-order valence-corrected chi connectivity index (χ3v) is 8.08. The zero-order valence-electron chi connectivity index (χ0n) is 21.7. The fraction of sp³-hybridized carbons (Fsp3) is 0.786. The number of hydrogen-bond acceptors (Lipinski definition) is 5. The molecule has 188 valence electrons. The number of nitrogens with two attached hydrogens (primary N) is 1. The van der Waals surface area contributed by atoms with Crippen LogP contribution in [0.3, 0.4) is 0 Å². The van der Waals surface area contributed by atoms with Crippen LogP contribution in [0.2, 0.25) is 0 Å². The Labute approximate surface area is 201 Å². The average molecular weight is 462 g/mol. The summed E-state index contributed by atoms with van der Waals surface area (Å²) in [5, 5.41) is 0. The van der Waals surface area contributed by atoms with Crippen LogP contribution in [-0.2, 0) is 32.0 Å². The van der Waals surface area contributed by atoms with E-state index in [1.54, 1.807) is 0 Å². The van der Waals surface area contributed by atoms with E-state index < -0.39 is 5.72 Å². The van der Waals surface area contributed by atoms with E-state index in [2.05, 4.69) is 58.9 Å². The summed E-state index contributed by atoms with van der Waals surface area (Å²) >= 11 is 0. The average Bonchev–Trinajstić information content (AvgIpc) is 2.76. The van der Waals surface area contributed by atoms with E-state index in [1.807, 2.05) is 0 Å². The zero-order valence-corrected chi connectivity index (χ0v) is 21.7. The van der Waals surface area contributed by atoms with Crippen molar-refractivity contribution in [3.8, 4) is 0 Å². The maximum absolute atomic E-state index is 6.75. The van der Waals surface area contributed by atoms with Gasteiger partial charge in [0.05, 0.1) is 45.2 Å². The smallest absolute Gasteiger partial charge is 0.120 e. The maximum Gasteiger partial charge on any atom is 0.120 e. The minimum atomic E-state index is -0.634. The SMILES string of the molecule is CCCC(N)(Cc1ccc(COC(C)(CC)CC2(CC)COC2)cc1)OCC1(CC)COC1. The Morgan fingerprint density at radius 3 is 1.91 bits per heavy atom. The molecule has 2 N–H and O–H groups in total. The molecular formula is C28H47NO4. The molecule has 1 aromatic carbocycles. The molecule has 5 nitrogen and oxygen atoms in total.